The summed E-state index contributed by atoms with van der Waals surface area (Å²) in [5, 5.41) is 0. The van der Waals surface area contributed by atoms with Gasteiger partial charge in [-0.3, -0.25) is 14.4 Å². The molecule has 0 saturated carbocycles. The standard InChI is InChI=1S/C22H24F3N3O2/c23-22(24,25)15-27(16-28-19-8-4-5-9-20(19)30-21(28)29)18-10-12-26(13-11-18)14-17-6-2-1-3-7-17/h1-9,18H,10-16H2. The van der Waals surface area contributed by atoms with Crippen LogP contribution in [0.1, 0.15) is 18.4 Å². The molecule has 3 aromatic rings. The van der Waals surface area contributed by atoms with Gasteiger partial charge in [0.25, 0.3) is 0 Å². The first-order valence-corrected chi connectivity index (χ1v) is 10.0. The second-order valence-electron chi connectivity index (χ2n) is 7.76. The van der Waals surface area contributed by atoms with Crippen LogP contribution in [-0.2, 0) is 13.2 Å². The summed E-state index contributed by atoms with van der Waals surface area (Å²) in [6.07, 6.45) is -3.11. The maximum Gasteiger partial charge on any atom is 0.421 e. The van der Waals surface area contributed by atoms with E-state index in [9.17, 15) is 18.0 Å². The highest BCUT2D eigenvalue weighted by Gasteiger charge is 2.35. The smallest absolute Gasteiger partial charge is 0.408 e. The molecule has 0 amide bonds. The normalized spacial score (nSPS) is 16.5. The van der Waals surface area contributed by atoms with Crippen molar-refractivity contribution in [2.45, 2.75) is 38.3 Å². The Kier molecular flexibility index (Phi) is 5.97. The number of halogens is 3. The zero-order chi connectivity index (χ0) is 21.1. The molecule has 8 heteroatoms. The van der Waals surface area contributed by atoms with E-state index < -0.39 is 18.5 Å². The lowest BCUT2D eigenvalue weighted by atomic mass is 10.0. The number of oxazole rings is 1. The van der Waals surface area contributed by atoms with Gasteiger partial charge in [0.05, 0.1) is 18.7 Å². The van der Waals surface area contributed by atoms with Gasteiger partial charge in [-0.15, -0.1) is 0 Å². The summed E-state index contributed by atoms with van der Waals surface area (Å²) in [6.45, 7) is 1.03. The van der Waals surface area contributed by atoms with Crippen molar-refractivity contribution < 1.29 is 17.6 Å². The number of rotatable bonds is 6. The number of fused-ring (bicyclic) bond motifs is 1. The van der Waals surface area contributed by atoms with Gasteiger partial charge in [0, 0.05) is 12.6 Å². The summed E-state index contributed by atoms with van der Waals surface area (Å²) in [5.41, 5.74) is 2.09. The molecular formula is C22H24F3N3O2. The number of hydrogen-bond donors (Lipinski definition) is 0. The Bertz CT molecular complexity index is 1020. The highest BCUT2D eigenvalue weighted by Crippen LogP contribution is 2.25. The lowest BCUT2D eigenvalue weighted by Gasteiger charge is -2.38. The Labute approximate surface area is 172 Å². The van der Waals surface area contributed by atoms with Crippen LogP contribution in [0, 0.1) is 0 Å². The van der Waals surface area contributed by atoms with Gasteiger partial charge >= 0.3 is 11.9 Å². The third kappa shape index (κ3) is 4.94. The van der Waals surface area contributed by atoms with Gasteiger partial charge in [-0.05, 0) is 43.6 Å². The second kappa shape index (κ2) is 8.65. The topological polar surface area (TPSA) is 41.6 Å². The van der Waals surface area contributed by atoms with Crippen LogP contribution in [0.4, 0.5) is 13.2 Å². The molecule has 1 aliphatic rings. The van der Waals surface area contributed by atoms with Crippen molar-refractivity contribution >= 4 is 11.1 Å². The minimum Gasteiger partial charge on any atom is -0.408 e. The molecular weight excluding hydrogens is 395 g/mol. The molecule has 0 unspecified atom stereocenters. The molecule has 160 valence electrons. The molecule has 1 aliphatic heterocycles. The van der Waals surface area contributed by atoms with Crippen LogP contribution in [0.2, 0.25) is 0 Å². The number of para-hydroxylation sites is 2. The molecule has 4 rings (SSSR count). The van der Waals surface area contributed by atoms with Gasteiger partial charge in [-0.25, -0.2) is 4.79 Å². The van der Waals surface area contributed by atoms with Gasteiger partial charge < -0.3 is 4.42 Å². The van der Waals surface area contributed by atoms with Gasteiger partial charge in [0.15, 0.2) is 5.58 Å². The van der Waals surface area contributed by atoms with E-state index in [1.807, 2.05) is 18.2 Å². The molecule has 1 saturated heterocycles. The van der Waals surface area contributed by atoms with E-state index in [4.69, 9.17) is 4.42 Å². The van der Waals surface area contributed by atoms with Crippen LogP contribution in [0.15, 0.2) is 63.8 Å². The van der Waals surface area contributed by atoms with Gasteiger partial charge in [-0.1, -0.05) is 42.5 Å². The van der Waals surface area contributed by atoms with E-state index in [2.05, 4.69) is 17.0 Å². The Morgan fingerprint density at radius 1 is 1.00 bits per heavy atom. The predicted molar refractivity (Wildman–Crippen MR) is 108 cm³/mol. The van der Waals surface area contributed by atoms with E-state index in [1.54, 1.807) is 24.3 Å². The fraction of sp³-hybridized carbons (Fsp3) is 0.409. The van der Waals surface area contributed by atoms with Crippen LogP contribution in [-0.4, -0.2) is 46.2 Å². The third-order valence-corrected chi connectivity index (χ3v) is 5.60. The van der Waals surface area contributed by atoms with Crippen LogP contribution >= 0.6 is 0 Å². The molecule has 0 N–H and O–H groups in total. The van der Waals surface area contributed by atoms with Crippen molar-refractivity contribution in [3.63, 3.8) is 0 Å². The van der Waals surface area contributed by atoms with Crippen LogP contribution in [0.3, 0.4) is 0 Å². The number of alkyl halides is 3. The SMILES string of the molecule is O=c1oc2ccccc2n1CN(CC(F)(F)F)C1CCN(Cc2ccccc2)CC1. The predicted octanol–water partition coefficient (Wildman–Crippen LogP) is 4.08. The fourth-order valence-corrected chi connectivity index (χ4v) is 4.14. The molecule has 0 bridgehead atoms. The lowest BCUT2D eigenvalue weighted by Crippen LogP contribution is -2.49. The number of benzene rings is 2. The van der Waals surface area contributed by atoms with Gasteiger partial charge in [0.2, 0.25) is 0 Å². The Morgan fingerprint density at radius 3 is 2.37 bits per heavy atom. The third-order valence-electron chi connectivity index (χ3n) is 5.60. The molecule has 0 aliphatic carbocycles. The van der Waals surface area contributed by atoms with Gasteiger partial charge in [-0.2, -0.15) is 13.2 Å². The summed E-state index contributed by atoms with van der Waals surface area (Å²) in [6, 6.07) is 16.6. The molecule has 2 heterocycles. The van der Waals surface area contributed by atoms with Crippen molar-refractivity contribution in [3.8, 4) is 0 Å². The molecule has 1 aromatic heterocycles. The van der Waals surface area contributed by atoms with Crippen molar-refractivity contribution in [1.82, 2.24) is 14.4 Å². The number of nitrogens with zero attached hydrogens (tertiary/aromatic N) is 3. The minimum atomic E-state index is -4.34. The molecule has 0 spiro atoms. The summed E-state index contributed by atoms with van der Waals surface area (Å²) in [4.78, 5) is 15.9. The van der Waals surface area contributed by atoms with Crippen molar-refractivity contribution in [1.29, 1.82) is 0 Å². The first-order chi connectivity index (χ1) is 14.4. The molecule has 0 atom stereocenters. The number of hydrogen-bond acceptors (Lipinski definition) is 4. The summed E-state index contributed by atoms with van der Waals surface area (Å²) < 4.78 is 46.4. The lowest BCUT2D eigenvalue weighted by molar-refractivity contribution is -0.157. The van der Waals surface area contributed by atoms with E-state index in [-0.39, 0.29) is 12.7 Å². The minimum absolute atomic E-state index is 0.140. The fourth-order valence-electron chi connectivity index (χ4n) is 4.14. The highest BCUT2D eigenvalue weighted by molar-refractivity contribution is 5.72. The van der Waals surface area contributed by atoms with Crippen LogP contribution < -0.4 is 5.76 Å². The monoisotopic (exact) mass is 419 g/mol. The molecule has 1 fully saturated rings. The van der Waals surface area contributed by atoms with Crippen LogP contribution in [0.5, 0.6) is 0 Å². The van der Waals surface area contributed by atoms with Gasteiger partial charge in [0.1, 0.15) is 0 Å². The van der Waals surface area contributed by atoms with Crippen LogP contribution in [0.25, 0.3) is 11.1 Å². The molecule has 0 radical (unpaired) electrons. The molecule has 5 nitrogen and oxygen atoms in total. The first kappa shape index (κ1) is 20.7. The summed E-state index contributed by atoms with van der Waals surface area (Å²) >= 11 is 0. The van der Waals surface area contributed by atoms with E-state index >= 15 is 0 Å². The highest BCUT2D eigenvalue weighted by atomic mass is 19.4. The maximum atomic E-state index is 13.3. The number of piperidine rings is 1. The average Bonchev–Trinajstić information content (AvgIpc) is 3.03. The Balaban J connectivity index is 1.48. The Morgan fingerprint density at radius 2 is 1.67 bits per heavy atom. The average molecular weight is 419 g/mol. The number of likely N-dealkylation sites (tertiary alicyclic amines) is 1. The second-order valence-corrected chi connectivity index (χ2v) is 7.76. The largest absolute Gasteiger partial charge is 0.421 e. The van der Waals surface area contributed by atoms with E-state index in [0.29, 0.717) is 23.9 Å². The van der Waals surface area contributed by atoms with Crippen molar-refractivity contribution in [3.05, 3.63) is 70.7 Å². The van der Waals surface area contributed by atoms with E-state index in [0.717, 1.165) is 19.6 Å². The zero-order valence-corrected chi connectivity index (χ0v) is 16.5. The molecule has 2 aromatic carbocycles. The quantitative estimate of drug-likeness (QED) is 0.604. The summed E-state index contributed by atoms with van der Waals surface area (Å²) in [5.74, 6) is -0.634. The first-order valence-electron chi connectivity index (χ1n) is 10.0. The summed E-state index contributed by atoms with van der Waals surface area (Å²) in [7, 11) is 0. The van der Waals surface area contributed by atoms with Crippen molar-refractivity contribution in [2.24, 2.45) is 0 Å². The zero-order valence-electron chi connectivity index (χ0n) is 16.5. The maximum absolute atomic E-state index is 13.3. The van der Waals surface area contributed by atoms with Crippen molar-refractivity contribution in [2.75, 3.05) is 19.6 Å². The number of aromatic nitrogens is 1. The molecule has 30 heavy (non-hydrogen) atoms. The van der Waals surface area contributed by atoms with E-state index in [1.165, 1.54) is 15.0 Å². The Hall–Kier alpha value is -2.58.